The van der Waals surface area contributed by atoms with Gasteiger partial charge in [-0.3, -0.25) is 14.5 Å². The van der Waals surface area contributed by atoms with Crippen molar-refractivity contribution in [2.24, 2.45) is 23.7 Å². The van der Waals surface area contributed by atoms with Crippen molar-refractivity contribution in [3.8, 4) is 0 Å². The molecule has 9 heteroatoms. The third kappa shape index (κ3) is 3.77. The Hall–Kier alpha value is -1.32. The predicted molar refractivity (Wildman–Crippen MR) is 111 cm³/mol. The first-order valence-electron chi connectivity index (χ1n) is 10.4. The maximum absolute atomic E-state index is 13.3. The van der Waals surface area contributed by atoms with Gasteiger partial charge in [0.1, 0.15) is 10.7 Å². The molecule has 29 heavy (non-hydrogen) atoms. The maximum Gasteiger partial charge on any atom is 0.240 e. The predicted octanol–water partition coefficient (Wildman–Crippen LogP) is 2.39. The van der Waals surface area contributed by atoms with Crippen LogP contribution >= 0.6 is 11.3 Å². The van der Waals surface area contributed by atoms with Crippen molar-refractivity contribution in [1.82, 2.24) is 14.2 Å². The van der Waals surface area contributed by atoms with E-state index in [-0.39, 0.29) is 29.4 Å². The Labute approximate surface area is 176 Å². The lowest BCUT2D eigenvalue weighted by molar-refractivity contribution is -0.129. The van der Waals surface area contributed by atoms with Crippen LogP contribution in [0.3, 0.4) is 0 Å². The van der Waals surface area contributed by atoms with Crippen molar-refractivity contribution in [3.05, 3.63) is 16.1 Å². The van der Waals surface area contributed by atoms with Gasteiger partial charge >= 0.3 is 0 Å². The number of rotatable bonds is 6. The van der Waals surface area contributed by atoms with Gasteiger partial charge in [0.25, 0.3) is 0 Å². The molecule has 1 unspecified atom stereocenters. The molecule has 0 bridgehead atoms. The average molecular weight is 440 g/mol. The van der Waals surface area contributed by atoms with Gasteiger partial charge in [-0.25, -0.2) is 17.7 Å². The van der Waals surface area contributed by atoms with Crippen molar-refractivity contribution in [2.75, 3.05) is 19.3 Å². The molecule has 1 amide bonds. The zero-order valence-corrected chi connectivity index (χ0v) is 18.8. The summed E-state index contributed by atoms with van der Waals surface area (Å²) < 4.78 is 25.6. The summed E-state index contributed by atoms with van der Waals surface area (Å²) in [6, 6.07) is -0.401. The summed E-state index contributed by atoms with van der Waals surface area (Å²) in [5.41, 5.74) is 0.475. The number of likely N-dealkylation sites (tertiary alicyclic amines) is 1. The van der Waals surface area contributed by atoms with E-state index in [2.05, 4.69) is 9.88 Å². The first-order valence-corrected chi connectivity index (χ1v) is 13.2. The van der Waals surface area contributed by atoms with E-state index in [1.807, 2.05) is 19.2 Å². The van der Waals surface area contributed by atoms with E-state index in [0.29, 0.717) is 18.5 Å². The van der Waals surface area contributed by atoms with Crippen LogP contribution in [-0.2, 0) is 21.4 Å². The lowest BCUT2D eigenvalue weighted by Gasteiger charge is -2.24. The zero-order chi connectivity index (χ0) is 20.9. The summed E-state index contributed by atoms with van der Waals surface area (Å²) in [6.07, 6.45) is 4.67. The normalized spacial score (nSPS) is 30.5. The van der Waals surface area contributed by atoms with Crippen molar-refractivity contribution in [1.29, 1.82) is 0 Å². The topological polar surface area (TPSA) is 87.7 Å². The molecule has 4 atom stereocenters. The molecule has 1 aromatic heterocycles. The van der Waals surface area contributed by atoms with Crippen LogP contribution in [-0.4, -0.2) is 59.7 Å². The van der Waals surface area contributed by atoms with Crippen molar-refractivity contribution in [2.45, 2.75) is 52.1 Å². The number of ketones is 1. The molecular weight excluding hydrogens is 410 g/mol. The number of thiazole rings is 1. The summed E-state index contributed by atoms with van der Waals surface area (Å²) in [7, 11) is -3.64. The maximum atomic E-state index is 13.3. The summed E-state index contributed by atoms with van der Waals surface area (Å²) in [5.74, 6) is -1.43. The Kier molecular flexibility index (Phi) is 5.59. The Morgan fingerprint density at radius 3 is 2.59 bits per heavy atom. The Balaban J connectivity index is 1.57. The molecule has 160 valence electrons. The van der Waals surface area contributed by atoms with Crippen LogP contribution in [0.5, 0.6) is 0 Å². The second kappa shape index (κ2) is 7.74. The molecular formula is C20H29N3O4S2. The van der Waals surface area contributed by atoms with Gasteiger partial charge in [-0.05, 0) is 44.7 Å². The molecule has 1 aliphatic carbocycles. The smallest absolute Gasteiger partial charge is 0.240 e. The monoisotopic (exact) mass is 439 g/mol. The lowest BCUT2D eigenvalue weighted by atomic mass is 9.76. The first-order chi connectivity index (χ1) is 13.7. The summed E-state index contributed by atoms with van der Waals surface area (Å²) in [5, 5.41) is 2.78. The largest absolute Gasteiger partial charge is 0.297 e. The van der Waals surface area contributed by atoms with Crippen LogP contribution in [0.25, 0.3) is 0 Å². The Bertz CT molecular complexity index is 905. The average Bonchev–Trinajstić information content (AvgIpc) is 3.37. The molecule has 1 saturated carbocycles. The van der Waals surface area contributed by atoms with E-state index >= 15 is 0 Å². The molecule has 2 saturated heterocycles. The van der Waals surface area contributed by atoms with Crippen LogP contribution in [0.2, 0.25) is 0 Å². The second-order valence-electron chi connectivity index (χ2n) is 8.97. The number of sulfonamides is 1. The van der Waals surface area contributed by atoms with Gasteiger partial charge in [-0.1, -0.05) is 13.8 Å². The summed E-state index contributed by atoms with van der Waals surface area (Å²) >= 11 is 1.51. The van der Waals surface area contributed by atoms with Gasteiger partial charge in [0.15, 0.2) is 5.78 Å². The second-order valence-corrected chi connectivity index (χ2v) is 11.8. The van der Waals surface area contributed by atoms with Crippen molar-refractivity contribution in [3.63, 3.8) is 0 Å². The van der Waals surface area contributed by atoms with Crippen LogP contribution < -0.4 is 0 Å². The van der Waals surface area contributed by atoms with Gasteiger partial charge in [-0.15, -0.1) is 11.3 Å². The number of carbonyl (C=O) groups excluding carboxylic acids is 2. The minimum absolute atomic E-state index is 0.0173. The molecule has 1 aromatic rings. The molecule has 0 N–H and O–H groups in total. The molecule has 3 fully saturated rings. The van der Waals surface area contributed by atoms with E-state index in [9.17, 15) is 18.0 Å². The fraction of sp³-hybridized carbons (Fsp3) is 0.750. The number of amides is 1. The van der Waals surface area contributed by atoms with E-state index in [4.69, 9.17) is 0 Å². The minimum atomic E-state index is -3.64. The van der Waals surface area contributed by atoms with Crippen molar-refractivity contribution < 1.29 is 18.0 Å². The van der Waals surface area contributed by atoms with E-state index in [1.165, 1.54) is 24.2 Å². The highest BCUT2D eigenvalue weighted by Gasteiger charge is 2.59. The van der Waals surface area contributed by atoms with E-state index in [1.54, 1.807) is 0 Å². The quantitative estimate of drug-likeness (QED) is 0.633. The standard InChI is InChI=1S/C20H29N3O4S2/c1-12(2)17-18-13(6-7-15(18)23(20(17)25)29(3,26)27)19(24)14-11-28-16(21-14)10-22-8-4-5-9-22/h11-13,15,17-18H,4-10H2,1-3H3/t13?,15-,17+,18-/m0/s1. The van der Waals surface area contributed by atoms with Gasteiger partial charge in [0, 0.05) is 23.1 Å². The third-order valence-corrected chi connectivity index (χ3v) is 8.67. The van der Waals surface area contributed by atoms with E-state index in [0.717, 1.165) is 35.2 Å². The summed E-state index contributed by atoms with van der Waals surface area (Å²) in [4.78, 5) is 33.2. The minimum Gasteiger partial charge on any atom is -0.297 e. The zero-order valence-electron chi connectivity index (χ0n) is 17.2. The Morgan fingerprint density at radius 1 is 1.28 bits per heavy atom. The van der Waals surface area contributed by atoms with E-state index < -0.39 is 22.0 Å². The number of Topliss-reactive ketones (excluding diaryl/α,β-unsaturated/α-hetero) is 1. The molecule has 7 nitrogen and oxygen atoms in total. The summed E-state index contributed by atoms with van der Waals surface area (Å²) in [6.45, 7) is 6.80. The highest BCUT2D eigenvalue weighted by Crippen LogP contribution is 2.50. The molecule has 4 rings (SSSR count). The van der Waals surface area contributed by atoms with Crippen LogP contribution in [0, 0.1) is 23.7 Å². The first kappa shape index (κ1) is 20.9. The molecule has 3 aliphatic rings. The lowest BCUT2D eigenvalue weighted by Crippen LogP contribution is -2.38. The number of hydrogen-bond acceptors (Lipinski definition) is 7. The molecule has 3 heterocycles. The number of nitrogens with zero attached hydrogens (tertiary/aromatic N) is 3. The van der Waals surface area contributed by atoms with Crippen LogP contribution in [0.4, 0.5) is 0 Å². The molecule has 2 aliphatic heterocycles. The van der Waals surface area contributed by atoms with Gasteiger partial charge in [0.2, 0.25) is 15.9 Å². The highest BCUT2D eigenvalue weighted by molar-refractivity contribution is 7.88. The third-order valence-electron chi connectivity index (χ3n) is 6.67. The van der Waals surface area contributed by atoms with Crippen LogP contribution in [0.15, 0.2) is 5.38 Å². The molecule has 0 aromatic carbocycles. The SMILES string of the molecule is CC(C)[C@H]1C(=O)N(S(C)(=O)=O)[C@H]2CCC(C(=O)c3csc(CN4CCCC4)n3)[C@H]12. The van der Waals surface area contributed by atoms with Crippen molar-refractivity contribution >= 4 is 33.1 Å². The fourth-order valence-electron chi connectivity index (χ4n) is 5.51. The van der Waals surface area contributed by atoms with Gasteiger partial charge in [0.05, 0.1) is 18.8 Å². The molecule has 0 radical (unpaired) electrons. The molecule has 0 spiro atoms. The Morgan fingerprint density at radius 2 is 1.97 bits per heavy atom. The number of aromatic nitrogens is 1. The highest BCUT2D eigenvalue weighted by atomic mass is 32.2. The number of carbonyl (C=O) groups is 2. The number of fused-ring (bicyclic) bond motifs is 1. The number of hydrogen-bond donors (Lipinski definition) is 0. The van der Waals surface area contributed by atoms with Gasteiger partial charge < -0.3 is 0 Å². The van der Waals surface area contributed by atoms with Crippen LogP contribution in [0.1, 0.15) is 55.0 Å². The van der Waals surface area contributed by atoms with Gasteiger partial charge in [-0.2, -0.15) is 0 Å². The fourth-order valence-corrected chi connectivity index (χ4v) is 7.52.